The quantitative estimate of drug-likeness (QED) is 0.918. The number of nitrogens with zero attached hydrogens (tertiary/aromatic N) is 1. The summed E-state index contributed by atoms with van der Waals surface area (Å²) in [4.78, 5) is 0.366. The van der Waals surface area contributed by atoms with Crippen molar-refractivity contribution in [1.82, 2.24) is 4.31 Å². The van der Waals surface area contributed by atoms with E-state index in [4.69, 9.17) is 5.73 Å². The van der Waals surface area contributed by atoms with E-state index >= 15 is 0 Å². The fourth-order valence-corrected chi connectivity index (χ4v) is 4.84. The van der Waals surface area contributed by atoms with Crippen molar-refractivity contribution in [3.05, 3.63) is 29.8 Å². The number of benzene rings is 1. The van der Waals surface area contributed by atoms with E-state index in [0.717, 1.165) is 12.8 Å². The van der Waals surface area contributed by atoms with Gasteiger partial charge in [0.25, 0.3) is 0 Å². The molecule has 0 bridgehead atoms. The highest BCUT2D eigenvalue weighted by atomic mass is 32.2. The van der Waals surface area contributed by atoms with Crippen LogP contribution in [0.2, 0.25) is 0 Å². The Morgan fingerprint density at radius 1 is 1.37 bits per heavy atom. The largest absolute Gasteiger partial charge is 0.326 e. The summed E-state index contributed by atoms with van der Waals surface area (Å²) in [6, 6.07) is 7.13. The third kappa shape index (κ3) is 2.68. The zero-order valence-corrected chi connectivity index (χ0v) is 12.4. The van der Waals surface area contributed by atoms with E-state index < -0.39 is 10.0 Å². The molecule has 0 spiro atoms. The molecule has 4 nitrogen and oxygen atoms in total. The third-order valence-electron chi connectivity index (χ3n) is 3.80. The first-order valence-corrected chi connectivity index (χ1v) is 8.22. The molecule has 1 fully saturated rings. The van der Waals surface area contributed by atoms with Gasteiger partial charge in [0.2, 0.25) is 10.0 Å². The van der Waals surface area contributed by atoms with Gasteiger partial charge in [-0.05, 0) is 30.4 Å². The fraction of sp³-hybridized carbons (Fsp3) is 0.571. The number of rotatable bonds is 4. The smallest absolute Gasteiger partial charge is 0.243 e. The summed E-state index contributed by atoms with van der Waals surface area (Å²) in [6.45, 7) is 5.01. The molecule has 1 heterocycles. The average Bonchev–Trinajstić information content (AvgIpc) is 2.88. The first kappa shape index (κ1) is 14.5. The standard InChI is InChI=1S/C14H22N2O2S/c1-11(2)13-7-5-9-16(13)19(17,18)14-8-4-3-6-12(14)10-15/h3-4,6,8,11,13H,5,7,9-10,15H2,1-2H3. The van der Waals surface area contributed by atoms with Crippen molar-refractivity contribution in [3.63, 3.8) is 0 Å². The van der Waals surface area contributed by atoms with Crippen LogP contribution >= 0.6 is 0 Å². The van der Waals surface area contributed by atoms with Crippen LogP contribution in [0.25, 0.3) is 0 Å². The van der Waals surface area contributed by atoms with Crippen LogP contribution in [0.4, 0.5) is 0 Å². The van der Waals surface area contributed by atoms with Gasteiger partial charge in [0, 0.05) is 19.1 Å². The summed E-state index contributed by atoms with van der Waals surface area (Å²) in [7, 11) is -3.42. The molecule has 0 saturated carbocycles. The summed E-state index contributed by atoms with van der Waals surface area (Å²) >= 11 is 0. The van der Waals surface area contributed by atoms with Crippen LogP contribution in [0.3, 0.4) is 0 Å². The second kappa shape index (κ2) is 5.61. The van der Waals surface area contributed by atoms with Crippen molar-refractivity contribution in [3.8, 4) is 0 Å². The summed E-state index contributed by atoms with van der Waals surface area (Å²) < 4.78 is 27.3. The minimum atomic E-state index is -3.42. The SMILES string of the molecule is CC(C)C1CCCN1S(=O)(=O)c1ccccc1CN. The summed E-state index contributed by atoms with van der Waals surface area (Å²) in [5.41, 5.74) is 6.35. The lowest BCUT2D eigenvalue weighted by molar-refractivity contribution is 0.315. The Hall–Kier alpha value is -0.910. The van der Waals surface area contributed by atoms with Gasteiger partial charge in [-0.2, -0.15) is 4.31 Å². The zero-order chi connectivity index (χ0) is 14.0. The maximum absolute atomic E-state index is 12.8. The molecule has 0 aromatic heterocycles. The predicted molar refractivity (Wildman–Crippen MR) is 76.1 cm³/mol. The van der Waals surface area contributed by atoms with Crippen molar-refractivity contribution < 1.29 is 8.42 Å². The normalized spacial score (nSPS) is 21.2. The van der Waals surface area contributed by atoms with Gasteiger partial charge < -0.3 is 5.73 Å². The lowest BCUT2D eigenvalue weighted by Gasteiger charge is -2.27. The molecule has 1 atom stereocenters. The van der Waals surface area contributed by atoms with E-state index in [1.54, 1.807) is 22.5 Å². The van der Waals surface area contributed by atoms with E-state index in [0.29, 0.717) is 22.9 Å². The lowest BCUT2D eigenvalue weighted by atomic mass is 10.0. The first-order valence-electron chi connectivity index (χ1n) is 6.78. The number of nitrogens with two attached hydrogens (primary N) is 1. The summed E-state index contributed by atoms with van der Waals surface area (Å²) in [6.07, 6.45) is 1.88. The molecule has 1 aromatic rings. The lowest BCUT2D eigenvalue weighted by Crippen LogP contribution is -2.38. The molecule has 0 amide bonds. The van der Waals surface area contributed by atoms with E-state index in [1.807, 2.05) is 6.07 Å². The van der Waals surface area contributed by atoms with Gasteiger partial charge in [0.1, 0.15) is 0 Å². The Bertz CT molecular complexity index is 540. The van der Waals surface area contributed by atoms with E-state index in [-0.39, 0.29) is 12.6 Å². The molecule has 1 aliphatic rings. The summed E-state index contributed by atoms with van der Waals surface area (Å²) in [5.74, 6) is 0.335. The van der Waals surface area contributed by atoms with Crippen LogP contribution in [0.1, 0.15) is 32.3 Å². The third-order valence-corrected chi connectivity index (χ3v) is 5.82. The van der Waals surface area contributed by atoms with Gasteiger partial charge in [0.15, 0.2) is 0 Å². The van der Waals surface area contributed by atoms with Crippen LogP contribution in [0.15, 0.2) is 29.2 Å². The van der Waals surface area contributed by atoms with Gasteiger partial charge in [-0.25, -0.2) is 8.42 Å². The number of sulfonamides is 1. The molecule has 5 heteroatoms. The van der Waals surface area contributed by atoms with E-state index in [1.165, 1.54) is 0 Å². The van der Waals surface area contributed by atoms with Crippen molar-refractivity contribution in [2.45, 2.75) is 44.2 Å². The van der Waals surface area contributed by atoms with Gasteiger partial charge in [-0.3, -0.25) is 0 Å². The van der Waals surface area contributed by atoms with Crippen molar-refractivity contribution in [1.29, 1.82) is 0 Å². The Morgan fingerprint density at radius 2 is 2.05 bits per heavy atom. The predicted octanol–water partition coefficient (Wildman–Crippen LogP) is 1.95. The monoisotopic (exact) mass is 282 g/mol. The topological polar surface area (TPSA) is 63.4 Å². The van der Waals surface area contributed by atoms with Crippen molar-refractivity contribution in [2.75, 3.05) is 6.54 Å². The molecule has 1 saturated heterocycles. The molecule has 2 N–H and O–H groups in total. The second-order valence-corrected chi connectivity index (χ2v) is 7.24. The minimum Gasteiger partial charge on any atom is -0.326 e. The van der Waals surface area contributed by atoms with Crippen LogP contribution < -0.4 is 5.73 Å². The molecule has 1 aliphatic heterocycles. The molecule has 106 valence electrons. The van der Waals surface area contributed by atoms with Crippen molar-refractivity contribution in [2.24, 2.45) is 11.7 Å². The fourth-order valence-electron chi connectivity index (χ4n) is 2.78. The maximum atomic E-state index is 12.8. The van der Waals surface area contributed by atoms with E-state index in [2.05, 4.69) is 13.8 Å². The van der Waals surface area contributed by atoms with Gasteiger partial charge in [-0.1, -0.05) is 32.0 Å². The van der Waals surface area contributed by atoms with Crippen LogP contribution in [-0.4, -0.2) is 25.3 Å². The van der Waals surface area contributed by atoms with Crippen LogP contribution in [0, 0.1) is 5.92 Å². The molecule has 19 heavy (non-hydrogen) atoms. The molecule has 2 rings (SSSR count). The van der Waals surface area contributed by atoms with Crippen molar-refractivity contribution >= 4 is 10.0 Å². The number of hydrogen-bond donors (Lipinski definition) is 1. The second-order valence-electron chi connectivity index (χ2n) is 5.38. The molecular weight excluding hydrogens is 260 g/mol. The number of hydrogen-bond acceptors (Lipinski definition) is 3. The molecule has 0 aliphatic carbocycles. The first-order chi connectivity index (χ1) is 8.98. The minimum absolute atomic E-state index is 0.107. The van der Waals surface area contributed by atoms with Gasteiger partial charge in [-0.15, -0.1) is 0 Å². The van der Waals surface area contributed by atoms with Gasteiger partial charge in [0.05, 0.1) is 4.90 Å². The highest BCUT2D eigenvalue weighted by Crippen LogP contribution is 2.31. The highest BCUT2D eigenvalue weighted by molar-refractivity contribution is 7.89. The Balaban J connectivity index is 2.42. The van der Waals surface area contributed by atoms with E-state index in [9.17, 15) is 8.42 Å². The molecular formula is C14H22N2O2S. The Morgan fingerprint density at radius 3 is 2.68 bits per heavy atom. The Kier molecular flexibility index (Phi) is 4.28. The zero-order valence-electron chi connectivity index (χ0n) is 11.5. The maximum Gasteiger partial charge on any atom is 0.243 e. The molecule has 1 aromatic carbocycles. The van der Waals surface area contributed by atoms with Crippen LogP contribution in [-0.2, 0) is 16.6 Å². The highest BCUT2D eigenvalue weighted by Gasteiger charge is 2.37. The molecule has 1 unspecified atom stereocenters. The average molecular weight is 282 g/mol. The van der Waals surface area contributed by atoms with Crippen LogP contribution in [0.5, 0.6) is 0 Å². The summed E-state index contributed by atoms with van der Waals surface area (Å²) in [5, 5.41) is 0. The Labute approximate surface area is 115 Å². The molecule has 0 radical (unpaired) electrons. The van der Waals surface area contributed by atoms with Gasteiger partial charge >= 0.3 is 0 Å².